The molecule has 1 aliphatic rings. The molecule has 1 saturated carbocycles. The van der Waals surface area contributed by atoms with Gasteiger partial charge in [0.2, 0.25) is 10.0 Å². The summed E-state index contributed by atoms with van der Waals surface area (Å²) < 4.78 is 54.8. The SMILES string of the molecule is O=S(=O)(NC1(CO)CC1)c1ccc(OC(F)F)c(Cl)c1. The van der Waals surface area contributed by atoms with Crippen molar-refractivity contribution in [3.63, 3.8) is 0 Å². The molecule has 0 aliphatic heterocycles. The molecule has 0 aromatic heterocycles. The summed E-state index contributed by atoms with van der Waals surface area (Å²) in [6, 6.07) is 3.19. The maximum absolute atomic E-state index is 12.1. The number of halogens is 3. The quantitative estimate of drug-likeness (QED) is 0.834. The van der Waals surface area contributed by atoms with Gasteiger partial charge in [-0.3, -0.25) is 0 Å². The lowest BCUT2D eigenvalue weighted by atomic mass is 10.3. The highest BCUT2D eigenvalue weighted by Gasteiger charge is 2.45. The van der Waals surface area contributed by atoms with E-state index in [0.29, 0.717) is 12.8 Å². The third-order valence-electron chi connectivity index (χ3n) is 2.94. The molecule has 1 aliphatic carbocycles. The van der Waals surface area contributed by atoms with Crippen LogP contribution in [0.1, 0.15) is 12.8 Å². The molecule has 9 heteroatoms. The van der Waals surface area contributed by atoms with Gasteiger partial charge < -0.3 is 9.84 Å². The highest BCUT2D eigenvalue weighted by atomic mass is 35.5. The lowest BCUT2D eigenvalue weighted by Crippen LogP contribution is -2.39. The second-order valence-corrected chi connectivity index (χ2v) is 6.60. The first-order valence-electron chi connectivity index (χ1n) is 5.67. The smallest absolute Gasteiger partial charge is 0.387 e. The monoisotopic (exact) mass is 327 g/mol. The predicted octanol–water partition coefficient (Wildman–Crippen LogP) is 1.74. The van der Waals surface area contributed by atoms with Crippen LogP contribution >= 0.6 is 11.6 Å². The van der Waals surface area contributed by atoms with E-state index in [0.717, 1.165) is 18.2 Å². The van der Waals surface area contributed by atoms with Crippen molar-refractivity contribution >= 4 is 21.6 Å². The molecule has 1 aromatic carbocycles. The van der Waals surface area contributed by atoms with E-state index < -0.39 is 22.2 Å². The summed E-state index contributed by atoms with van der Waals surface area (Å²) in [6.45, 7) is -3.34. The highest BCUT2D eigenvalue weighted by Crippen LogP contribution is 2.37. The molecule has 1 aromatic rings. The van der Waals surface area contributed by atoms with Crippen LogP contribution < -0.4 is 9.46 Å². The standard InChI is InChI=1S/C11H12ClF2NO4S/c12-8-5-7(1-2-9(8)19-10(13)14)20(17,18)15-11(6-16)3-4-11/h1-2,5,10,15-16H,3-4,6H2. The number of benzene rings is 1. The Labute approximate surface area is 119 Å². The summed E-state index contributed by atoms with van der Waals surface area (Å²) >= 11 is 5.70. The van der Waals surface area contributed by atoms with Gasteiger partial charge in [0, 0.05) is 0 Å². The van der Waals surface area contributed by atoms with Gasteiger partial charge in [0.25, 0.3) is 0 Å². The zero-order valence-corrected chi connectivity index (χ0v) is 11.7. The number of hydrogen-bond acceptors (Lipinski definition) is 4. The molecule has 0 radical (unpaired) electrons. The zero-order chi connectivity index (χ0) is 15.0. The molecule has 0 bridgehead atoms. The van der Waals surface area contributed by atoms with Crippen molar-refractivity contribution in [2.45, 2.75) is 29.9 Å². The summed E-state index contributed by atoms with van der Waals surface area (Å²) in [7, 11) is -3.87. The van der Waals surface area contributed by atoms with E-state index in [2.05, 4.69) is 9.46 Å². The minimum Gasteiger partial charge on any atom is -0.433 e. The average molecular weight is 328 g/mol. The van der Waals surface area contributed by atoms with E-state index in [1.165, 1.54) is 0 Å². The Morgan fingerprint density at radius 3 is 2.55 bits per heavy atom. The topological polar surface area (TPSA) is 75.6 Å². The van der Waals surface area contributed by atoms with Gasteiger partial charge in [0.15, 0.2) is 0 Å². The van der Waals surface area contributed by atoms with Gasteiger partial charge in [-0.1, -0.05) is 11.6 Å². The first kappa shape index (κ1) is 15.4. The van der Waals surface area contributed by atoms with Crippen LogP contribution in [-0.2, 0) is 10.0 Å². The largest absolute Gasteiger partial charge is 0.433 e. The molecular weight excluding hydrogens is 316 g/mol. The van der Waals surface area contributed by atoms with E-state index in [9.17, 15) is 17.2 Å². The van der Waals surface area contributed by atoms with E-state index in [1.54, 1.807) is 0 Å². The van der Waals surface area contributed by atoms with Crippen molar-refractivity contribution in [2.24, 2.45) is 0 Å². The van der Waals surface area contributed by atoms with Crippen LogP contribution in [0, 0.1) is 0 Å². The van der Waals surface area contributed by atoms with E-state index in [4.69, 9.17) is 16.7 Å². The first-order valence-corrected chi connectivity index (χ1v) is 7.53. The van der Waals surface area contributed by atoms with Gasteiger partial charge in [-0.15, -0.1) is 0 Å². The zero-order valence-electron chi connectivity index (χ0n) is 10.1. The molecule has 0 saturated heterocycles. The van der Waals surface area contributed by atoms with E-state index >= 15 is 0 Å². The number of hydrogen-bond donors (Lipinski definition) is 2. The number of nitrogens with one attached hydrogen (secondary N) is 1. The summed E-state index contributed by atoms with van der Waals surface area (Å²) in [5.41, 5.74) is -0.816. The number of alkyl halides is 2. The maximum Gasteiger partial charge on any atom is 0.387 e. The van der Waals surface area contributed by atoms with Crippen LogP contribution in [0.15, 0.2) is 23.1 Å². The molecule has 1 fully saturated rings. The number of sulfonamides is 1. The molecule has 2 N–H and O–H groups in total. The van der Waals surface area contributed by atoms with Gasteiger partial charge in [0.05, 0.1) is 22.1 Å². The fraction of sp³-hybridized carbons (Fsp3) is 0.455. The predicted molar refractivity (Wildman–Crippen MR) is 67.5 cm³/mol. The summed E-state index contributed by atoms with van der Waals surface area (Å²) in [5, 5.41) is 8.87. The van der Waals surface area contributed by atoms with Crippen molar-refractivity contribution in [2.75, 3.05) is 6.61 Å². The number of ether oxygens (including phenoxy) is 1. The van der Waals surface area contributed by atoms with Gasteiger partial charge in [-0.2, -0.15) is 8.78 Å². The second kappa shape index (κ2) is 5.44. The number of aliphatic hydroxyl groups excluding tert-OH is 1. The highest BCUT2D eigenvalue weighted by molar-refractivity contribution is 7.89. The normalized spacial score (nSPS) is 17.2. The average Bonchev–Trinajstić information content (AvgIpc) is 3.11. The fourth-order valence-corrected chi connectivity index (χ4v) is 3.39. The molecule has 0 heterocycles. The van der Waals surface area contributed by atoms with Crippen molar-refractivity contribution in [1.82, 2.24) is 4.72 Å². The lowest BCUT2D eigenvalue weighted by molar-refractivity contribution is -0.0498. The fourth-order valence-electron chi connectivity index (χ4n) is 1.63. The van der Waals surface area contributed by atoms with Crippen LogP contribution in [0.3, 0.4) is 0 Å². The third-order valence-corrected chi connectivity index (χ3v) is 4.81. The Morgan fingerprint density at radius 1 is 1.45 bits per heavy atom. The lowest BCUT2D eigenvalue weighted by Gasteiger charge is -2.15. The molecule has 0 amide bonds. The van der Waals surface area contributed by atoms with Crippen LogP contribution in [0.25, 0.3) is 0 Å². The third kappa shape index (κ3) is 3.38. The Balaban J connectivity index is 2.22. The molecule has 2 rings (SSSR count). The Kier molecular flexibility index (Phi) is 4.19. The summed E-state index contributed by atoms with van der Waals surface area (Å²) in [4.78, 5) is -0.177. The molecule has 0 unspecified atom stereocenters. The van der Waals surface area contributed by atoms with Crippen LogP contribution in [0.2, 0.25) is 5.02 Å². The molecule has 112 valence electrons. The minimum absolute atomic E-state index is 0.177. The van der Waals surface area contributed by atoms with Crippen molar-refractivity contribution in [1.29, 1.82) is 0 Å². The van der Waals surface area contributed by atoms with Crippen molar-refractivity contribution in [3.8, 4) is 5.75 Å². The summed E-state index contributed by atoms with van der Waals surface area (Å²) in [5.74, 6) is -0.302. The van der Waals surface area contributed by atoms with Gasteiger partial charge in [-0.25, -0.2) is 13.1 Å². The maximum atomic E-state index is 12.1. The van der Waals surface area contributed by atoms with E-state index in [1.807, 2.05) is 0 Å². The molecular formula is C11H12ClF2NO4S. The number of aliphatic hydroxyl groups is 1. The Hall–Kier alpha value is -0.960. The van der Waals surface area contributed by atoms with Gasteiger partial charge in [0.1, 0.15) is 5.75 Å². The van der Waals surface area contributed by atoms with Gasteiger partial charge in [-0.05, 0) is 31.0 Å². The van der Waals surface area contributed by atoms with E-state index in [-0.39, 0.29) is 22.3 Å². The number of rotatable bonds is 6. The van der Waals surface area contributed by atoms with Crippen LogP contribution in [0.5, 0.6) is 5.75 Å². The summed E-state index contributed by atoms with van der Waals surface area (Å²) in [6.07, 6.45) is 1.09. The molecule has 0 spiro atoms. The van der Waals surface area contributed by atoms with Crippen LogP contribution in [0.4, 0.5) is 8.78 Å². The second-order valence-electron chi connectivity index (χ2n) is 4.51. The first-order chi connectivity index (χ1) is 9.28. The van der Waals surface area contributed by atoms with Crippen molar-refractivity contribution in [3.05, 3.63) is 23.2 Å². The Morgan fingerprint density at radius 2 is 2.10 bits per heavy atom. The minimum atomic E-state index is -3.87. The Bertz CT molecular complexity index is 604. The molecule has 5 nitrogen and oxygen atoms in total. The molecule has 0 atom stereocenters. The van der Waals surface area contributed by atoms with Crippen LogP contribution in [-0.4, -0.2) is 32.3 Å². The molecule has 20 heavy (non-hydrogen) atoms. The van der Waals surface area contributed by atoms with Gasteiger partial charge >= 0.3 is 6.61 Å². The van der Waals surface area contributed by atoms with Crippen molar-refractivity contribution < 1.29 is 27.0 Å².